The van der Waals surface area contributed by atoms with Crippen LogP contribution in [0.3, 0.4) is 0 Å². The summed E-state index contributed by atoms with van der Waals surface area (Å²) in [6, 6.07) is 2.06. The molecule has 6 nitrogen and oxygen atoms in total. The Labute approximate surface area is 150 Å². The standard InChI is InChI=1S/C19H30N6/c1-15-12-16(2)25(22-15)18-14-20-13-17(21-18)24-10-8-23(9-11-24)7-6-19(3,4)5/h12-14H,6-11H2,1-5H3. The fraction of sp³-hybridized carbons (Fsp3) is 0.632. The Morgan fingerprint density at radius 2 is 1.68 bits per heavy atom. The average molecular weight is 342 g/mol. The molecule has 0 unspecified atom stereocenters. The number of aromatic nitrogens is 4. The predicted octanol–water partition coefficient (Wildman–Crippen LogP) is 2.84. The molecule has 0 N–H and O–H groups in total. The van der Waals surface area contributed by atoms with Gasteiger partial charge in [-0.05, 0) is 38.3 Å². The molecule has 1 aliphatic rings. The van der Waals surface area contributed by atoms with Crippen molar-refractivity contribution in [3.05, 3.63) is 29.8 Å². The predicted molar refractivity (Wildman–Crippen MR) is 101 cm³/mol. The minimum absolute atomic E-state index is 0.400. The zero-order valence-corrected chi connectivity index (χ0v) is 16.2. The molecule has 25 heavy (non-hydrogen) atoms. The minimum Gasteiger partial charge on any atom is -0.353 e. The number of piperazine rings is 1. The van der Waals surface area contributed by atoms with Gasteiger partial charge >= 0.3 is 0 Å². The van der Waals surface area contributed by atoms with Gasteiger partial charge in [0, 0.05) is 31.9 Å². The number of hydrogen-bond donors (Lipinski definition) is 0. The van der Waals surface area contributed by atoms with Gasteiger partial charge in [0.1, 0.15) is 5.82 Å². The maximum Gasteiger partial charge on any atom is 0.174 e. The molecule has 6 heteroatoms. The zero-order chi connectivity index (χ0) is 18.0. The van der Waals surface area contributed by atoms with Crippen molar-refractivity contribution in [3.63, 3.8) is 0 Å². The van der Waals surface area contributed by atoms with Crippen LogP contribution in [0.4, 0.5) is 5.82 Å². The van der Waals surface area contributed by atoms with E-state index in [0.717, 1.165) is 49.2 Å². The molecule has 0 saturated carbocycles. The summed E-state index contributed by atoms with van der Waals surface area (Å²) >= 11 is 0. The van der Waals surface area contributed by atoms with E-state index >= 15 is 0 Å². The summed E-state index contributed by atoms with van der Waals surface area (Å²) in [4.78, 5) is 14.1. The van der Waals surface area contributed by atoms with Gasteiger partial charge in [0.15, 0.2) is 5.82 Å². The smallest absolute Gasteiger partial charge is 0.174 e. The maximum absolute atomic E-state index is 4.80. The normalized spacial score (nSPS) is 16.4. The molecule has 0 atom stereocenters. The Kier molecular flexibility index (Phi) is 5.08. The lowest BCUT2D eigenvalue weighted by molar-refractivity contribution is 0.217. The highest BCUT2D eigenvalue weighted by Crippen LogP contribution is 2.20. The lowest BCUT2D eigenvalue weighted by Gasteiger charge is -2.36. The Balaban J connectivity index is 1.64. The average Bonchev–Trinajstić information content (AvgIpc) is 2.91. The molecule has 0 bridgehead atoms. The Hall–Kier alpha value is -1.95. The maximum atomic E-state index is 4.80. The molecular weight excluding hydrogens is 312 g/mol. The second kappa shape index (κ2) is 7.12. The lowest BCUT2D eigenvalue weighted by atomic mass is 9.92. The van der Waals surface area contributed by atoms with Gasteiger partial charge in [-0.3, -0.25) is 9.88 Å². The summed E-state index contributed by atoms with van der Waals surface area (Å²) in [5, 5.41) is 4.51. The molecule has 1 saturated heterocycles. The van der Waals surface area contributed by atoms with Crippen molar-refractivity contribution in [2.24, 2.45) is 5.41 Å². The third kappa shape index (κ3) is 4.57. The SMILES string of the molecule is Cc1cc(C)n(-c2cncc(N3CCN(CCC(C)(C)C)CC3)n2)n1. The second-order valence-corrected chi connectivity index (χ2v) is 8.21. The molecule has 1 aliphatic heterocycles. The van der Waals surface area contributed by atoms with Crippen LogP contribution in [-0.4, -0.2) is 57.4 Å². The Morgan fingerprint density at radius 1 is 1.00 bits per heavy atom. The van der Waals surface area contributed by atoms with Gasteiger partial charge in [0.05, 0.1) is 18.1 Å². The van der Waals surface area contributed by atoms with Crippen molar-refractivity contribution in [2.75, 3.05) is 37.6 Å². The van der Waals surface area contributed by atoms with Crippen LogP contribution in [0.5, 0.6) is 0 Å². The largest absolute Gasteiger partial charge is 0.353 e. The third-order valence-electron chi connectivity index (χ3n) is 4.71. The van der Waals surface area contributed by atoms with E-state index < -0.39 is 0 Å². The Bertz CT molecular complexity index is 707. The van der Waals surface area contributed by atoms with Crippen LogP contribution in [0.2, 0.25) is 0 Å². The molecule has 2 aromatic heterocycles. The summed E-state index contributed by atoms with van der Waals surface area (Å²) in [5.41, 5.74) is 2.48. The number of aryl methyl sites for hydroxylation is 2. The van der Waals surface area contributed by atoms with Gasteiger partial charge in [-0.25, -0.2) is 9.67 Å². The summed E-state index contributed by atoms with van der Waals surface area (Å²) in [6.45, 7) is 16.3. The van der Waals surface area contributed by atoms with Crippen molar-refractivity contribution in [1.29, 1.82) is 0 Å². The molecule has 0 aliphatic carbocycles. The van der Waals surface area contributed by atoms with Gasteiger partial charge in [-0.1, -0.05) is 20.8 Å². The molecule has 0 aromatic carbocycles. The van der Waals surface area contributed by atoms with E-state index in [1.54, 1.807) is 6.20 Å². The topological polar surface area (TPSA) is 50.1 Å². The van der Waals surface area contributed by atoms with Crippen LogP contribution in [0.25, 0.3) is 5.82 Å². The second-order valence-electron chi connectivity index (χ2n) is 8.21. The molecular formula is C19H30N6. The fourth-order valence-electron chi connectivity index (χ4n) is 3.16. The van der Waals surface area contributed by atoms with E-state index in [4.69, 9.17) is 4.98 Å². The highest BCUT2D eigenvalue weighted by atomic mass is 15.3. The zero-order valence-electron chi connectivity index (χ0n) is 16.2. The van der Waals surface area contributed by atoms with Crippen molar-refractivity contribution in [1.82, 2.24) is 24.6 Å². The highest BCUT2D eigenvalue weighted by molar-refractivity contribution is 5.40. The first-order valence-corrected chi connectivity index (χ1v) is 9.15. The molecule has 2 aromatic rings. The van der Waals surface area contributed by atoms with Crippen LogP contribution in [-0.2, 0) is 0 Å². The Morgan fingerprint density at radius 3 is 2.28 bits per heavy atom. The molecule has 1 fully saturated rings. The fourth-order valence-corrected chi connectivity index (χ4v) is 3.16. The van der Waals surface area contributed by atoms with Crippen LogP contribution in [0.1, 0.15) is 38.6 Å². The van der Waals surface area contributed by atoms with Crippen LogP contribution in [0.15, 0.2) is 18.5 Å². The monoisotopic (exact) mass is 342 g/mol. The van der Waals surface area contributed by atoms with Crippen LogP contribution < -0.4 is 4.90 Å². The van der Waals surface area contributed by atoms with E-state index in [2.05, 4.69) is 46.7 Å². The molecule has 3 heterocycles. The van der Waals surface area contributed by atoms with Gasteiger partial charge in [0.2, 0.25) is 0 Å². The number of anilines is 1. The van der Waals surface area contributed by atoms with Crippen molar-refractivity contribution in [2.45, 2.75) is 41.0 Å². The third-order valence-corrected chi connectivity index (χ3v) is 4.71. The highest BCUT2D eigenvalue weighted by Gasteiger charge is 2.20. The van der Waals surface area contributed by atoms with Crippen molar-refractivity contribution in [3.8, 4) is 5.82 Å². The number of hydrogen-bond acceptors (Lipinski definition) is 5. The first-order chi connectivity index (χ1) is 11.8. The van der Waals surface area contributed by atoms with Gasteiger partial charge < -0.3 is 4.90 Å². The molecule has 136 valence electrons. The molecule has 0 radical (unpaired) electrons. The molecule has 0 amide bonds. The lowest BCUT2D eigenvalue weighted by Crippen LogP contribution is -2.47. The molecule has 0 spiro atoms. The minimum atomic E-state index is 0.400. The summed E-state index contributed by atoms with van der Waals surface area (Å²) < 4.78 is 1.87. The molecule has 3 rings (SSSR count). The summed E-state index contributed by atoms with van der Waals surface area (Å²) in [5.74, 6) is 1.73. The number of nitrogens with zero attached hydrogens (tertiary/aromatic N) is 6. The number of rotatable bonds is 4. The summed E-state index contributed by atoms with van der Waals surface area (Å²) in [6.07, 6.45) is 4.88. The first kappa shape index (κ1) is 17.9. The van der Waals surface area contributed by atoms with E-state index in [1.807, 2.05) is 24.7 Å². The first-order valence-electron chi connectivity index (χ1n) is 9.15. The van der Waals surface area contributed by atoms with Crippen molar-refractivity contribution < 1.29 is 0 Å². The van der Waals surface area contributed by atoms with Gasteiger partial charge in [-0.15, -0.1) is 0 Å². The van der Waals surface area contributed by atoms with E-state index in [9.17, 15) is 0 Å². The summed E-state index contributed by atoms with van der Waals surface area (Å²) in [7, 11) is 0. The van der Waals surface area contributed by atoms with E-state index in [0.29, 0.717) is 5.41 Å². The van der Waals surface area contributed by atoms with Crippen LogP contribution >= 0.6 is 0 Å². The van der Waals surface area contributed by atoms with Crippen molar-refractivity contribution >= 4 is 5.82 Å². The van der Waals surface area contributed by atoms with Gasteiger partial charge in [-0.2, -0.15) is 5.10 Å². The van der Waals surface area contributed by atoms with E-state index in [1.165, 1.54) is 13.0 Å². The quantitative estimate of drug-likeness (QED) is 0.855. The van der Waals surface area contributed by atoms with E-state index in [-0.39, 0.29) is 0 Å². The van der Waals surface area contributed by atoms with Crippen LogP contribution in [0, 0.1) is 19.3 Å². The van der Waals surface area contributed by atoms with Gasteiger partial charge in [0.25, 0.3) is 0 Å².